The summed E-state index contributed by atoms with van der Waals surface area (Å²) in [7, 11) is 1.63. The lowest BCUT2D eigenvalue weighted by Gasteiger charge is -2.17. The Bertz CT molecular complexity index is 991. The average molecular weight is 413 g/mol. The Hall–Kier alpha value is -2.63. The van der Waals surface area contributed by atoms with Crippen molar-refractivity contribution >= 4 is 40.4 Å². The predicted molar refractivity (Wildman–Crippen MR) is 116 cm³/mol. The van der Waals surface area contributed by atoms with Crippen LogP contribution in [-0.2, 0) is 4.79 Å². The Morgan fingerprint density at radius 2 is 1.64 bits per heavy atom. The molecule has 0 bridgehead atoms. The SMILES string of the molecule is Cc1cccc(C)c1NC(=O)CN(C)C(=O)c1ccc(-c2ccc(Cl)cc2)s1. The summed E-state index contributed by atoms with van der Waals surface area (Å²) in [5, 5.41) is 3.58. The highest BCUT2D eigenvalue weighted by Crippen LogP contribution is 2.29. The molecule has 0 aliphatic rings. The summed E-state index contributed by atoms with van der Waals surface area (Å²) >= 11 is 7.33. The fraction of sp³-hybridized carbons (Fsp3) is 0.182. The van der Waals surface area contributed by atoms with E-state index in [0.717, 1.165) is 27.3 Å². The number of nitrogens with zero attached hydrogens (tertiary/aromatic N) is 1. The third kappa shape index (κ3) is 4.61. The van der Waals surface area contributed by atoms with Gasteiger partial charge in [-0.2, -0.15) is 0 Å². The number of likely N-dealkylation sites (N-methyl/N-ethyl adjacent to an activating group) is 1. The minimum Gasteiger partial charge on any atom is -0.332 e. The quantitative estimate of drug-likeness (QED) is 0.610. The van der Waals surface area contributed by atoms with Crippen LogP contribution in [0.3, 0.4) is 0 Å². The van der Waals surface area contributed by atoms with Gasteiger partial charge < -0.3 is 10.2 Å². The van der Waals surface area contributed by atoms with Gasteiger partial charge >= 0.3 is 0 Å². The molecule has 0 saturated carbocycles. The maximum Gasteiger partial charge on any atom is 0.264 e. The van der Waals surface area contributed by atoms with E-state index in [1.807, 2.05) is 62.4 Å². The van der Waals surface area contributed by atoms with E-state index in [-0.39, 0.29) is 18.4 Å². The van der Waals surface area contributed by atoms with Gasteiger partial charge in [-0.05, 0) is 54.8 Å². The van der Waals surface area contributed by atoms with Crippen molar-refractivity contribution in [2.24, 2.45) is 0 Å². The Morgan fingerprint density at radius 1 is 1.00 bits per heavy atom. The number of benzene rings is 2. The Kier molecular flexibility index (Phi) is 6.17. The van der Waals surface area contributed by atoms with Gasteiger partial charge in [-0.1, -0.05) is 41.9 Å². The normalized spacial score (nSPS) is 10.6. The summed E-state index contributed by atoms with van der Waals surface area (Å²) in [6.07, 6.45) is 0. The number of carbonyl (C=O) groups is 2. The molecule has 6 heteroatoms. The molecule has 144 valence electrons. The molecule has 0 fully saturated rings. The summed E-state index contributed by atoms with van der Waals surface area (Å²) in [4.78, 5) is 28.1. The number of hydrogen-bond donors (Lipinski definition) is 1. The third-order valence-electron chi connectivity index (χ3n) is 4.42. The molecule has 0 aliphatic heterocycles. The summed E-state index contributed by atoms with van der Waals surface area (Å²) < 4.78 is 0. The minimum absolute atomic E-state index is 0.0131. The lowest BCUT2D eigenvalue weighted by atomic mass is 10.1. The zero-order valence-electron chi connectivity index (χ0n) is 16.0. The molecule has 2 amide bonds. The zero-order chi connectivity index (χ0) is 20.3. The van der Waals surface area contributed by atoms with E-state index < -0.39 is 0 Å². The Labute approximate surface area is 173 Å². The second-order valence-electron chi connectivity index (χ2n) is 6.65. The standard InChI is InChI=1S/C22H21ClN2O2S/c1-14-5-4-6-15(2)21(14)24-20(26)13-25(3)22(27)19-12-11-18(28-19)16-7-9-17(23)10-8-16/h4-12H,13H2,1-3H3,(H,24,26). The Balaban J connectivity index is 1.66. The second kappa shape index (κ2) is 8.59. The lowest BCUT2D eigenvalue weighted by Crippen LogP contribution is -2.34. The molecule has 0 aliphatic carbocycles. The molecule has 1 heterocycles. The van der Waals surface area contributed by atoms with Crippen LogP contribution in [0.4, 0.5) is 5.69 Å². The molecular weight excluding hydrogens is 392 g/mol. The van der Waals surface area contributed by atoms with Crippen molar-refractivity contribution in [2.75, 3.05) is 18.9 Å². The first kappa shape index (κ1) is 20.1. The highest BCUT2D eigenvalue weighted by Gasteiger charge is 2.18. The number of aryl methyl sites for hydroxylation is 2. The van der Waals surface area contributed by atoms with E-state index in [0.29, 0.717) is 9.90 Å². The van der Waals surface area contributed by atoms with Crippen LogP contribution in [0.25, 0.3) is 10.4 Å². The van der Waals surface area contributed by atoms with E-state index in [9.17, 15) is 9.59 Å². The molecule has 3 rings (SSSR count). The van der Waals surface area contributed by atoms with E-state index in [4.69, 9.17) is 11.6 Å². The third-order valence-corrected chi connectivity index (χ3v) is 5.79. The van der Waals surface area contributed by atoms with E-state index in [2.05, 4.69) is 5.32 Å². The highest BCUT2D eigenvalue weighted by molar-refractivity contribution is 7.17. The molecule has 2 aromatic carbocycles. The first-order chi connectivity index (χ1) is 13.3. The maximum atomic E-state index is 12.7. The van der Waals surface area contributed by atoms with Crippen LogP contribution in [-0.4, -0.2) is 30.3 Å². The van der Waals surface area contributed by atoms with Gasteiger partial charge in [0.15, 0.2) is 0 Å². The average Bonchev–Trinajstić information content (AvgIpc) is 3.15. The summed E-state index contributed by atoms with van der Waals surface area (Å²) in [6, 6.07) is 17.0. The van der Waals surface area contributed by atoms with Gasteiger partial charge in [0.05, 0.1) is 11.4 Å². The van der Waals surface area contributed by atoms with Gasteiger partial charge in [-0.15, -0.1) is 11.3 Å². The fourth-order valence-electron chi connectivity index (χ4n) is 2.89. The van der Waals surface area contributed by atoms with Crippen molar-refractivity contribution in [1.82, 2.24) is 4.90 Å². The maximum absolute atomic E-state index is 12.7. The van der Waals surface area contributed by atoms with Crippen LogP contribution in [0.15, 0.2) is 54.6 Å². The number of thiophene rings is 1. The molecule has 28 heavy (non-hydrogen) atoms. The lowest BCUT2D eigenvalue weighted by molar-refractivity contribution is -0.116. The van der Waals surface area contributed by atoms with Gasteiger partial charge in [0, 0.05) is 22.6 Å². The molecule has 1 aromatic heterocycles. The number of nitrogens with one attached hydrogen (secondary N) is 1. The number of anilines is 1. The number of para-hydroxylation sites is 1. The first-order valence-corrected chi connectivity index (χ1v) is 10.0. The molecule has 0 atom stereocenters. The molecule has 4 nitrogen and oxygen atoms in total. The topological polar surface area (TPSA) is 49.4 Å². The van der Waals surface area contributed by atoms with E-state index in [1.165, 1.54) is 16.2 Å². The fourth-order valence-corrected chi connectivity index (χ4v) is 4.02. The monoisotopic (exact) mass is 412 g/mol. The number of amides is 2. The number of rotatable bonds is 5. The van der Waals surface area contributed by atoms with E-state index >= 15 is 0 Å². The van der Waals surface area contributed by atoms with Crippen molar-refractivity contribution < 1.29 is 9.59 Å². The first-order valence-electron chi connectivity index (χ1n) is 8.82. The van der Waals surface area contributed by atoms with Gasteiger partial charge in [0.25, 0.3) is 5.91 Å². The summed E-state index contributed by atoms with van der Waals surface area (Å²) in [5.74, 6) is -0.399. The largest absolute Gasteiger partial charge is 0.332 e. The van der Waals surface area contributed by atoms with E-state index in [1.54, 1.807) is 13.1 Å². The van der Waals surface area contributed by atoms with Gasteiger partial charge in [-0.25, -0.2) is 0 Å². The molecule has 0 unspecified atom stereocenters. The van der Waals surface area contributed by atoms with Gasteiger partial charge in [-0.3, -0.25) is 9.59 Å². The van der Waals surface area contributed by atoms with Gasteiger partial charge in [0.2, 0.25) is 5.91 Å². The summed E-state index contributed by atoms with van der Waals surface area (Å²) in [5.41, 5.74) is 3.79. The predicted octanol–water partition coefficient (Wildman–Crippen LogP) is 5.40. The molecular formula is C22H21ClN2O2S. The molecule has 0 saturated heterocycles. The molecule has 1 N–H and O–H groups in total. The smallest absolute Gasteiger partial charge is 0.264 e. The Morgan fingerprint density at radius 3 is 2.29 bits per heavy atom. The highest BCUT2D eigenvalue weighted by atomic mass is 35.5. The van der Waals surface area contributed by atoms with Crippen molar-refractivity contribution in [2.45, 2.75) is 13.8 Å². The molecule has 0 spiro atoms. The van der Waals surface area contributed by atoms with Crippen LogP contribution >= 0.6 is 22.9 Å². The number of halogens is 1. The minimum atomic E-state index is -0.220. The van der Waals surface area contributed by atoms with Crippen LogP contribution in [0.5, 0.6) is 0 Å². The van der Waals surface area contributed by atoms with Crippen LogP contribution in [0, 0.1) is 13.8 Å². The number of carbonyl (C=O) groups excluding carboxylic acids is 2. The number of hydrogen-bond acceptors (Lipinski definition) is 3. The van der Waals surface area contributed by atoms with Crippen LogP contribution in [0.2, 0.25) is 5.02 Å². The van der Waals surface area contributed by atoms with Crippen molar-refractivity contribution in [3.05, 3.63) is 75.6 Å². The van der Waals surface area contributed by atoms with Crippen molar-refractivity contribution in [3.8, 4) is 10.4 Å². The van der Waals surface area contributed by atoms with Crippen molar-refractivity contribution in [3.63, 3.8) is 0 Å². The van der Waals surface area contributed by atoms with Crippen molar-refractivity contribution in [1.29, 1.82) is 0 Å². The van der Waals surface area contributed by atoms with Gasteiger partial charge in [0.1, 0.15) is 0 Å². The molecule has 3 aromatic rings. The second-order valence-corrected chi connectivity index (χ2v) is 8.17. The summed E-state index contributed by atoms with van der Waals surface area (Å²) in [6.45, 7) is 3.88. The molecule has 0 radical (unpaired) electrons. The van der Waals surface area contributed by atoms with Crippen LogP contribution in [0.1, 0.15) is 20.8 Å². The van der Waals surface area contributed by atoms with Crippen LogP contribution < -0.4 is 5.32 Å². The zero-order valence-corrected chi connectivity index (χ0v) is 17.5.